The molecule has 0 radical (unpaired) electrons. The van der Waals surface area contributed by atoms with Gasteiger partial charge in [-0.25, -0.2) is 8.42 Å². The number of para-hydroxylation sites is 2. The summed E-state index contributed by atoms with van der Waals surface area (Å²) in [5.41, 5.74) is 2.51. The van der Waals surface area contributed by atoms with Crippen LogP contribution in [0.1, 0.15) is 18.1 Å². The van der Waals surface area contributed by atoms with Crippen molar-refractivity contribution in [2.75, 3.05) is 11.8 Å². The van der Waals surface area contributed by atoms with Crippen molar-refractivity contribution in [3.8, 4) is 5.75 Å². The van der Waals surface area contributed by atoms with Gasteiger partial charge in [-0.15, -0.1) is 0 Å². The Balaban J connectivity index is 2.48. The van der Waals surface area contributed by atoms with E-state index < -0.39 is 10.0 Å². The SMILES string of the molecule is CCc1cccc(C)c1NS(=O)(=O)c1ccccc1OC. The monoisotopic (exact) mass is 305 g/mol. The number of ether oxygens (including phenoxy) is 1. The first-order valence-corrected chi connectivity index (χ1v) is 8.22. The number of aryl methyl sites for hydroxylation is 2. The van der Waals surface area contributed by atoms with Gasteiger partial charge in [-0.2, -0.15) is 0 Å². The van der Waals surface area contributed by atoms with Gasteiger partial charge in [0.2, 0.25) is 0 Å². The van der Waals surface area contributed by atoms with Crippen molar-refractivity contribution in [3.05, 3.63) is 53.6 Å². The molecule has 1 N–H and O–H groups in total. The normalized spacial score (nSPS) is 11.2. The number of anilines is 1. The summed E-state index contributed by atoms with van der Waals surface area (Å²) >= 11 is 0. The first kappa shape index (κ1) is 15.4. The second-order valence-electron chi connectivity index (χ2n) is 4.72. The van der Waals surface area contributed by atoms with E-state index in [2.05, 4.69) is 4.72 Å². The van der Waals surface area contributed by atoms with Crippen LogP contribution in [-0.4, -0.2) is 15.5 Å². The first-order valence-electron chi connectivity index (χ1n) is 6.74. The molecule has 0 bridgehead atoms. The van der Waals surface area contributed by atoms with Crippen molar-refractivity contribution in [1.82, 2.24) is 0 Å². The second-order valence-corrected chi connectivity index (χ2v) is 6.37. The van der Waals surface area contributed by atoms with Gasteiger partial charge in [0.05, 0.1) is 12.8 Å². The fourth-order valence-electron chi connectivity index (χ4n) is 2.20. The van der Waals surface area contributed by atoms with Gasteiger partial charge in [0, 0.05) is 0 Å². The van der Waals surface area contributed by atoms with Crippen LogP contribution in [0.4, 0.5) is 5.69 Å². The van der Waals surface area contributed by atoms with Crippen LogP contribution in [0.2, 0.25) is 0 Å². The van der Waals surface area contributed by atoms with Gasteiger partial charge in [0.15, 0.2) is 0 Å². The van der Waals surface area contributed by atoms with Gasteiger partial charge >= 0.3 is 0 Å². The van der Waals surface area contributed by atoms with E-state index in [1.807, 2.05) is 32.0 Å². The summed E-state index contributed by atoms with van der Waals surface area (Å²) in [6.45, 7) is 3.88. The third-order valence-electron chi connectivity index (χ3n) is 3.34. The molecule has 0 unspecified atom stereocenters. The van der Waals surface area contributed by atoms with Gasteiger partial charge < -0.3 is 4.74 Å². The predicted octanol–water partition coefficient (Wildman–Crippen LogP) is 3.37. The molecule has 0 atom stereocenters. The molecule has 2 aromatic carbocycles. The number of sulfonamides is 1. The molecule has 0 saturated heterocycles. The van der Waals surface area contributed by atoms with Crippen LogP contribution in [0, 0.1) is 6.92 Å². The van der Waals surface area contributed by atoms with Gasteiger partial charge in [-0.1, -0.05) is 37.3 Å². The van der Waals surface area contributed by atoms with Crippen LogP contribution < -0.4 is 9.46 Å². The second kappa shape index (κ2) is 6.18. The molecule has 0 aliphatic carbocycles. The van der Waals surface area contributed by atoms with E-state index in [0.29, 0.717) is 11.4 Å². The van der Waals surface area contributed by atoms with Crippen molar-refractivity contribution in [3.63, 3.8) is 0 Å². The molecule has 21 heavy (non-hydrogen) atoms. The summed E-state index contributed by atoms with van der Waals surface area (Å²) < 4.78 is 33.0. The van der Waals surface area contributed by atoms with Gasteiger partial charge in [-0.05, 0) is 36.6 Å². The number of hydrogen-bond acceptors (Lipinski definition) is 3. The number of nitrogens with one attached hydrogen (secondary N) is 1. The smallest absolute Gasteiger partial charge is 0.265 e. The number of methoxy groups -OCH3 is 1. The molecule has 2 aromatic rings. The average Bonchev–Trinajstić information content (AvgIpc) is 2.49. The highest BCUT2D eigenvalue weighted by Gasteiger charge is 2.20. The van der Waals surface area contributed by atoms with Crippen molar-refractivity contribution >= 4 is 15.7 Å². The highest BCUT2D eigenvalue weighted by molar-refractivity contribution is 7.92. The lowest BCUT2D eigenvalue weighted by atomic mass is 10.1. The number of hydrogen-bond donors (Lipinski definition) is 1. The molecular formula is C16H19NO3S. The van der Waals surface area contributed by atoms with Gasteiger partial charge in [0.25, 0.3) is 10.0 Å². The van der Waals surface area contributed by atoms with Crippen LogP contribution in [0.15, 0.2) is 47.4 Å². The zero-order valence-electron chi connectivity index (χ0n) is 12.4. The molecule has 0 aromatic heterocycles. The third-order valence-corrected chi connectivity index (χ3v) is 4.72. The van der Waals surface area contributed by atoms with Crippen LogP contribution >= 0.6 is 0 Å². The van der Waals surface area contributed by atoms with Crippen LogP contribution in [-0.2, 0) is 16.4 Å². The lowest BCUT2D eigenvalue weighted by Gasteiger charge is -2.15. The minimum absolute atomic E-state index is 0.137. The summed E-state index contributed by atoms with van der Waals surface area (Å²) in [5, 5.41) is 0. The molecule has 0 aliphatic heterocycles. The maximum absolute atomic E-state index is 12.6. The first-order chi connectivity index (χ1) is 9.99. The molecule has 0 heterocycles. The maximum Gasteiger partial charge on any atom is 0.265 e. The van der Waals surface area contributed by atoms with Gasteiger partial charge in [0.1, 0.15) is 10.6 Å². The molecule has 2 rings (SSSR count). The molecule has 112 valence electrons. The van der Waals surface area contributed by atoms with Crippen LogP contribution in [0.3, 0.4) is 0 Å². The Morgan fingerprint density at radius 2 is 1.81 bits per heavy atom. The van der Waals surface area contributed by atoms with E-state index in [0.717, 1.165) is 17.5 Å². The fraction of sp³-hybridized carbons (Fsp3) is 0.250. The molecule has 0 spiro atoms. The Kier molecular flexibility index (Phi) is 4.53. The largest absolute Gasteiger partial charge is 0.495 e. The van der Waals surface area contributed by atoms with E-state index in [1.54, 1.807) is 18.2 Å². The Hall–Kier alpha value is -2.01. The van der Waals surface area contributed by atoms with Gasteiger partial charge in [-0.3, -0.25) is 4.72 Å². The molecule has 0 aliphatic rings. The number of rotatable bonds is 5. The van der Waals surface area contributed by atoms with Crippen molar-refractivity contribution in [2.24, 2.45) is 0 Å². The Morgan fingerprint density at radius 3 is 2.48 bits per heavy atom. The quantitative estimate of drug-likeness (QED) is 0.921. The Morgan fingerprint density at radius 1 is 1.10 bits per heavy atom. The summed E-state index contributed by atoms with van der Waals surface area (Å²) in [5.74, 6) is 0.330. The lowest BCUT2D eigenvalue weighted by molar-refractivity contribution is 0.403. The Bertz CT molecular complexity index is 739. The summed E-state index contributed by atoms with van der Waals surface area (Å²) in [6, 6.07) is 12.3. The molecule has 4 nitrogen and oxygen atoms in total. The highest BCUT2D eigenvalue weighted by Crippen LogP contribution is 2.28. The van der Waals surface area contributed by atoms with Crippen LogP contribution in [0.25, 0.3) is 0 Å². The minimum Gasteiger partial charge on any atom is -0.495 e. The zero-order valence-corrected chi connectivity index (χ0v) is 13.2. The molecular weight excluding hydrogens is 286 g/mol. The van der Waals surface area contributed by atoms with Crippen LogP contribution in [0.5, 0.6) is 5.75 Å². The Labute approximate surface area is 125 Å². The van der Waals surface area contributed by atoms with E-state index >= 15 is 0 Å². The standard InChI is InChI=1S/C16H19NO3S/c1-4-13-9-7-8-12(2)16(13)17-21(18,19)15-11-6-5-10-14(15)20-3/h5-11,17H,4H2,1-3H3. The highest BCUT2D eigenvalue weighted by atomic mass is 32.2. The van der Waals surface area contributed by atoms with Crippen molar-refractivity contribution in [2.45, 2.75) is 25.2 Å². The summed E-state index contributed by atoms with van der Waals surface area (Å²) in [4.78, 5) is 0.137. The molecule has 5 heteroatoms. The molecule has 0 amide bonds. The topological polar surface area (TPSA) is 55.4 Å². The lowest BCUT2D eigenvalue weighted by Crippen LogP contribution is -2.16. The van der Waals surface area contributed by atoms with E-state index in [4.69, 9.17) is 4.74 Å². The molecule has 0 fully saturated rings. The summed E-state index contributed by atoms with van der Waals surface area (Å²) in [6.07, 6.45) is 0.755. The van der Waals surface area contributed by atoms with E-state index in [-0.39, 0.29) is 4.90 Å². The minimum atomic E-state index is -3.69. The van der Waals surface area contributed by atoms with E-state index in [9.17, 15) is 8.42 Å². The molecule has 0 saturated carbocycles. The third kappa shape index (κ3) is 3.19. The fourth-order valence-corrected chi connectivity index (χ4v) is 3.54. The van der Waals surface area contributed by atoms with Crippen molar-refractivity contribution in [1.29, 1.82) is 0 Å². The zero-order chi connectivity index (χ0) is 15.5. The van der Waals surface area contributed by atoms with Crippen molar-refractivity contribution < 1.29 is 13.2 Å². The maximum atomic E-state index is 12.6. The average molecular weight is 305 g/mol. The van der Waals surface area contributed by atoms with E-state index in [1.165, 1.54) is 13.2 Å². The predicted molar refractivity (Wildman–Crippen MR) is 84.4 cm³/mol. The number of benzene rings is 2. The summed E-state index contributed by atoms with van der Waals surface area (Å²) in [7, 11) is -2.23.